The van der Waals surface area contributed by atoms with E-state index in [4.69, 9.17) is 21.0 Å². The van der Waals surface area contributed by atoms with Crippen molar-refractivity contribution in [1.29, 1.82) is 21.0 Å². The Morgan fingerprint density at radius 1 is 0.600 bits per heavy atom. The van der Waals surface area contributed by atoms with Gasteiger partial charge in [0.05, 0.1) is 53.0 Å². The molecule has 1 saturated carbocycles. The van der Waals surface area contributed by atoms with E-state index in [1.165, 1.54) is 16.7 Å². The molecule has 0 bridgehead atoms. The van der Waals surface area contributed by atoms with Crippen molar-refractivity contribution in [3.8, 4) is 24.3 Å². The molecule has 1 aliphatic rings. The largest absolute Gasteiger partial charge is 0.260 e. The number of pyridine rings is 4. The highest BCUT2D eigenvalue weighted by atomic mass is 14.7. The van der Waals surface area contributed by atoms with E-state index in [0.717, 1.165) is 35.5 Å². The van der Waals surface area contributed by atoms with Crippen LogP contribution in [0.3, 0.4) is 0 Å². The third kappa shape index (κ3) is 12.9. The first-order valence-electron chi connectivity index (χ1n) is 17.2. The number of rotatable bonds is 7. The van der Waals surface area contributed by atoms with Gasteiger partial charge in [-0.15, -0.1) is 0 Å². The summed E-state index contributed by atoms with van der Waals surface area (Å²) in [6.45, 7) is 18.9. The van der Waals surface area contributed by atoms with Gasteiger partial charge in [0.1, 0.15) is 11.8 Å². The minimum atomic E-state index is -0.245. The van der Waals surface area contributed by atoms with Crippen LogP contribution in [0, 0.1) is 45.3 Å². The molecular formula is C42H50N8. The Hall–Kier alpha value is -5.44. The summed E-state index contributed by atoms with van der Waals surface area (Å²) in [5.74, 6) is 1.85. The van der Waals surface area contributed by atoms with E-state index in [0.29, 0.717) is 35.8 Å². The Bertz CT molecular complexity index is 1830. The van der Waals surface area contributed by atoms with Crippen LogP contribution in [0.4, 0.5) is 0 Å². The molecule has 8 heteroatoms. The summed E-state index contributed by atoms with van der Waals surface area (Å²) in [5, 5.41) is 34.8. The predicted molar refractivity (Wildman–Crippen MR) is 198 cm³/mol. The molecule has 4 aromatic rings. The van der Waals surface area contributed by atoms with Gasteiger partial charge in [0.25, 0.3) is 0 Å². The summed E-state index contributed by atoms with van der Waals surface area (Å²) in [5.41, 5.74) is 7.88. The van der Waals surface area contributed by atoms with Crippen molar-refractivity contribution < 1.29 is 0 Å². The van der Waals surface area contributed by atoms with Gasteiger partial charge in [-0.1, -0.05) is 55.4 Å². The molecular weight excluding hydrogens is 617 g/mol. The third-order valence-corrected chi connectivity index (χ3v) is 8.35. The average molecular weight is 667 g/mol. The van der Waals surface area contributed by atoms with Crippen LogP contribution in [0.15, 0.2) is 73.3 Å². The number of nitriles is 4. The molecule has 258 valence electrons. The zero-order chi connectivity index (χ0) is 37.3. The highest BCUT2D eigenvalue weighted by molar-refractivity contribution is 5.36. The molecule has 1 fully saturated rings. The molecule has 0 aromatic carbocycles. The molecule has 0 N–H and O–H groups in total. The first-order chi connectivity index (χ1) is 23.8. The molecule has 1 atom stereocenters. The monoisotopic (exact) mass is 666 g/mol. The summed E-state index contributed by atoms with van der Waals surface area (Å²) < 4.78 is 0. The fourth-order valence-corrected chi connectivity index (χ4v) is 4.65. The van der Waals surface area contributed by atoms with Crippen molar-refractivity contribution >= 4 is 0 Å². The molecule has 0 aliphatic heterocycles. The van der Waals surface area contributed by atoms with Crippen molar-refractivity contribution in [1.82, 2.24) is 19.9 Å². The fourth-order valence-electron chi connectivity index (χ4n) is 4.65. The maximum absolute atomic E-state index is 9.05. The van der Waals surface area contributed by atoms with Crippen LogP contribution in [0.2, 0.25) is 0 Å². The van der Waals surface area contributed by atoms with Gasteiger partial charge in [-0.05, 0) is 114 Å². The second-order valence-corrected chi connectivity index (χ2v) is 13.7. The van der Waals surface area contributed by atoms with Gasteiger partial charge in [0.2, 0.25) is 0 Å². The standard InChI is InChI=1S/C12H14N2.C11H14N2.C10H12N2.C9H10N2/c1-9(2)10-3-6-14-11(7-10)12(8-13)4-5-12;1-8(2)10-4-5-13-11(6-10)9(3)7-12;1-8(2)9-4-6-12-10(7-9)3-5-11;1-7(2)8-3-4-11-9(5-8)6-10/h3,6-7,9H,4-5H2,1-2H3;4-6,8-9H,1-3H3;4,6-8H,3H2,1-2H3;3-5,7H,1-2H3. The van der Waals surface area contributed by atoms with Crippen LogP contribution in [-0.4, -0.2) is 19.9 Å². The lowest BCUT2D eigenvalue weighted by atomic mass is 9.98. The zero-order valence-electron chi connectivity index (χ0n) is 31.0. The fraction of sp³-hybridized carbons (Fsp3) is 0.429. The molecule has 0 spiro atoms. The topological polar surface area (TPSA) is 147 Å². The van der Waals surface area contributed by atoms with Crippen LogP contribution in [0.5, 0.6) is 0 Å². The highest BCUT2D eigenvalue weighted by Gasteiger charge is 2.46. The second kappa shape index (κ2) is 20.2. The normalized spacial score (nSPS) is 12.7. The quantitative estimate of drug-likeness (QED) is 0.189. The second-order valence-electron chi connectivity index (χ2n) is 13.7. The Morgan fingerprint density at radius 3 is 1.56 bits per heavy atom. The Morgan fingerprint density at radius 2 is 1.08 bits per heavy atom. The maximum Gasteiger partial charge on any atom is 0.140 e. The molecule has 1 aliphatic carbocycles. The average Bonchev–Trinajstić information content (AvgIpc) is 3.94. The number of hydrogen-bond acceptors (Lipinski definition) is 8. The molecule has 50 heavy (non-hydrogen) atoms. The molecule has 0 amide bonds. The van der Waals surface area contributed by atoms with Crippen molar-refractivity contribution in [3.63, 3.8) is 0 Å². The lowest BCUT2D eigenvalue weighted by molar-refractivity contribution is 0.817. The van der Waals surface area contributed by atoms with E-state index in [-0.39, 0.29) is 11.3 Å². The first kappa shape index (κ1) is 40.7. The van der Waals surface area contributed by atoms with E-state index in [2.05, 4.69) is 99.6 Å². The van der Waals surface area contributed by atoms with Gasteiger partial charge >= 0.3 is 0 Å². The van der Waals surface area contributed by atoms with E-state index in [9.17, 15) is 0 Å². The van der Waals surface area contributed by atoms with Gasteiger partial charge in [-0.2, -0.15) is 21.0 Å². The van der Waals surface area contributed by atoms with E-state index < -0.39 is 0 Å². The SMILES string of the molecule is CC(C)c1ccnc(C#N)c1.CC(C)c1ccnc(C(C)C#N)c1.CC(C)c1ccnc(C2(C#N)CC2)c1.CC(C)c1ccnc(CC#N)c1. The minimum Gasteiger partial charge on any atom is -0.260 e. The van der Waals surface area contributed by atoms with Crippen LogP contribution in [0.25, 0.3) is 0 Å². The first-order valence-corrected chi connectivity index (χ1v) is 17.2. The molecule has 5 rings (SSSR count). The van der Waals surface area contributed by atoms with Crippen LogP contribution < -0.4 is 0 Å². The van der Waals surface area contributed by atoms with Gasteiger partial charge in [0.15, 0.2) is 0 Å². The van der Waals surface area contributed by atoms with Gasteiger partial charge in [-0.25, -0.2) is 4.98 Å². The Kier molecular flexibility index (Phi) is 16.4. The van der Waals surface area contributed by atoms with E-state index >= 15 is 0 Å². The third-order valence-electron chi connectivity index (χ3n) is 8.35. The van der Waals surface area contributed by atoms with Crippen LogP contribution in [0.1, 0.15) is 150 Å². The summed E-state index contributed by atoms with van der Waals surface area (Å²) in [7, 11) is 0. The number of hydrogen-bond donors (Lipinski definition) is 0. The Labute approximate surface area is 299 Å². The molecule has 8 nitrogen and oxygen atoms in total. The molecule has 0 radical (unpaired) electrons. The van der Waals surface area contributed by atoms with Crippen LogP contribution >= 0.6 is 0 Å². The van der Waals surface area contributed by atoms with Gasteiger partial charge < -0.3 is 0 Å². The lowest BCUT2D eigenvalue weighted by Gasteiger charge is -2.09. The van der Waals surface area contributed by atoms with E-state index in [1.807, 2.05) is 61.7 Å². The van der Waals surface area contributed by atoms with E-state index in [1.54, 1.807) is 18.6 Å². The summed E-state index contributed by atoms with van der Waals surface area (Å²) in [4.78, 5) is 16.4. The summed E-state index contributed by atoms with van der Waals surface area (Å²) >= 11 is 0. The predicted octanol–water partition coefficient (Wildman–Crippen LogP) is 9.94. The van der Waals surface area contributed by atoms with Crippen molar-refractivity contribution in [2.45, 2.75) is 117 Å². The zero-order valence-corrected chi connectivity index (χ0v) is 31.0. The lowest BCUT2D eigenvalue weighted by Crippen LogP contribution is -2.06. The molecule has 1 unspecified atom stereocenters. The molecule has 4 aromatic heterocycles. The highest BCUT2D eigenvalue weighted by Crippen LogP contribution is 2.46. The van der Waals surface area contributed by atoms with Gasteiger partial charge in [0, 0.05) is 24.8 Å². The van der Waals surface area contributed by atoms with Crippen molar-refractivity contribution in [2.75, 3.05) is 0 Å². The summed E-state index contributed by atoms with van der Waals surface area (Å²) in [6, 6.07) is 24.5. The summed E-state index contributed by atoms with van der Waals surface area (Å²) in [6.07, 6.45) is 9.38. The smallest absolute Gasteiger partial charge is 0.140 e. The minimum absolute atomic E-state index is 0.112. The number of nitrogens with zero attached hydrogens (tertiary/aromatic N) is 8. The maximum atomic E-state index is 9.05. The van der Waals surface area contributed by atoms with Crippen molar-refractivity contribution in [3.05, 3.63) is 118 Å². The Balaban J connectivity index is 0.000000232. The number of aromatic nitrogens is 4. The van der Waals surface area contributed by atoms with Crippen LogP contribution in [-0.2, 0) is 11.8 Å². The van der Waals surface area contributed by atoms with Crippen molar-refractivity contribution in [2.24, 2.45) is 0 Å². The van der Waals surface area contributed by atoms with Gasteiger partial charge in [-0.3, -0.25) is 15.0 Å². The molecule has 0 saturated heterocycles. The molecule has 4 heterocycles.